The molecule has 1 aromatic carbocycles. The average molecular weight is 330 g/mol. The van der Waals surface area contributed by atoms with Gasteiger partial charge in [0.1, 0.15) is 11.7 Å². The Morgan fingerprint density at radius 2 is 2.05 bits per heavy atom. The van der Waals surface area contributed by atoms with E-state index >= 15 is 0 Å². The molecular weight excluding hydrogens is 314 g/mol. The second-order valence-electron chi connectivity index (χ2n) is 3.82. The summed E-state index contributed by atoms with van der Waals surface area (Å²) in [6.07, 6.45) is 0.385. The van der Waals surface area contributed by atoms with E-state index in [-0.39, 0.29) is 5.91 Å². The maximum Gasteiger partial charge on any atom is 0.318 e. The van der Waals surface area contributed by atoms with E-state index in [1.807, 2.05) is 0 Å². The number of esters is 1. The van der Waals surface area contributed by atoms with Gasteiger partial charge in [0.05, 0.1) is 18.7 Å². The van der Waals surface area contributed by atoms with Gasteiger partial charge in [-0.3, -0.25) is 9.59 Å². The number of amides is 1. The first-order chi connectivity index (χ1) is 9.03. The number of hydrogen-bond acceptors (Lipinski definition) is 4. The smallest absolute Gasteiger partial charge is 0.318 e. The van der Waals surface area contributed by atoms with Gasteiger partial charge in [0.2, 0.25) is 5.91 Å². The van der Waals surface area contributed by atoms with Crippen LogP contribution in [0.3, 0.4) is 0 Å². The Hall–Kier alpha value is -1.56. The van der Waals surface area contributed by atoms with Crippen LogP contribution in [0.25, 0.3) is 0 Å². The van der Waals surface area contributed by atoms with Crippen LogP contribution in [0.1, 0.15) is 13.3 Å². The van der Waals surface area contributed by atoms with E-state index in [4.69, 9.17) is 4.74 Å². The number of anilines is 1. The summed E-state index contributed by atoms with van der Waals surface area (Å²) in [7, 11) is 2.82. The largest absolute Gasteiger partial charge is 0.496 e. The van der Waals surface area contributed by atoms with E-state index in [0.29, 0.717) is 17.9 Å². The van der Waals surface area contributed by atoms with Crippen molar-refractivity contribution >= 4 is 33.5 Å². The molecule has 0 aliphatic carbocycles. The summed E-state index contributed by atoms with van der Waals surface area (Å²) in [5.74, 6) is -1.05. The molecule has 1 N–H and O–H groups in total. The van der Waals surface area contributed by atoms with Gasteiger partial charge >= 0.3 is 5.97 Å². The number of halogens is 1. The lowest BCUT2D eigenvalue weighted by Gasteiger charge is -2.13. The Bertz CT molecular complexity index is 476. The first kappa shape index (κ1) is 15.5. The van der Waals surface area contributed by atoms with Crippen LogP contribution in [0.4, 0.5) is 5.69 Å². The monoisotopic (exact) mass is 329 g/mol. The summed E-state index contributed by atoms with van der Waals surface area (Å²) in [5, 5.41) is 2.67. The highest BCUT2D eigenvalue weighted by molar-refractivity contribution is 9.10. The predicted octanol–water partition coefficient (Wildman–Crippen LogP) is 2.60. The van der Waals surface area contributed by atoms with Crippen molar-refractivity contribution in [1.29, 1.82) is 0 Å². The van der Waals surface area contributed by atoms with Crippen LogP contribution in [-0.2, 0) is 14.3 Å². The van der Waals surface area contributed by atoms with E-state index in [9.17, 15) is 9.59 Å². The molecule has 0 bridgehead atoms. The summed E-state index contributed by atoms with van der Waals surface area (Å²) < 4.78 is 10.4. The van der Waals surface area contributed by atoms with Gasteiger partial charge in [0.25, 0.3) is 0 Å². The van der Waals surface area contributed by atoms with E-state index in [2.05, 4.69) is 26.0 Å². The summed E-state index contributed by atoms with van der Waals surface area (Å²) in [5.41, 5.74) is 0.583. The first-order valence-corrected chi connectivity index (χ1v) is 6.55. The fourth-order valence-corrected chi connectivity index (χ4v) is 2.12. The van der Waals surface area contributed by atoms with Crippen LogP contribution in [-0.4, -0.2) is 26.1 Å². The molecule has 0 spiro atoms. The summed E-state index contributed by atoms with van der Waals surface area (Å²) in [4.78, 5) is 23.4. The van der Waals surface area contributed by atoms with Crippen molar-refractivity contribution in [2.75, 3.05) is 19.5 Å². The van der Waals surface area contributed by atoms with Gasteiger partial charge in [-0.05, 0) is 40.5 Å². The third-order valence-corrected chi connectivity index (χ3v) is 3.25. The van der Waals surface area contributed by atoms with Gasteiger partial charge in [-0.15, -0.1) is 0 Å². The molecule has 104 valence electrons. The van der Waals surface area contributed by atoms with E-state index in [1.165, 1.54) is 7.11 Å². The highest BCUT2D eigenvalue weighted by atomic mass is 79.9. The van der Waals surface area contributed by atoms with Crippen LogP contribution >= 0.6 is 15.9 Å². The van der Waals surface area contributed by atoms with Gasteiger partial charge in [-0.2, -0.15) is 0 Å². The molecule has 0 fully saturated rings. The highest BCUT2D eigenvalue weighted by Gasteiger charge is 2.25. The highest BCUT2D eigenvalue weighted by Crippen LogP contribution is 2.28. The van der Waals surface area contributed by atoms with Crippen molar-refractivity contribution in [3.05, 3.63) is 22.7 Å². The molecule has 0 heterocycles. The maximum atomic E-state index is 12.0. The summed E-state index contributed by atoms with van der Waals surface area (Å²) in [6, 6.07) is 5.13. The minimum absolute atomic E-state index is 0.383. The minimum atomic E-state index is -0.800. The molecule has 1 amide bonds. The number of rotatable bonds is 5. The molecular formula is C13H16BrNO4. The molecule has 0 aliphatic rings. The number of carbonyl (C=O) groups is 2. The molecule has 0 aliphatic heterocycles. The van der Waals surface area contributed by atoms with Crippen molar-refractivity contribution in [1.82, 2.24) is 0 Å². The molecule has 0 saturated heterocycles. The van der Waals surface area contributed by atoms with E-state index < -0.39 is 11.9 Å². The Morgan fingerprint density at radius 1 is 1.37 bits per heavy atom. The number of methoxy groups -OCH3 is 2. The lowest BCUT2D eigenvalue weighted by molar-refractivity contribution is -0.148. The second-order valence-corrected chi connectivity index (χ2v) is 4.68. The molecule has 6 heteroatoms. The molecule has 0 aromatic heterocycles. The van der Waals surface area contributed by atoms with Crippen LogP contribution in [0.5, 0.6) is 5.75 Å². The van der Waals surface area contributed by atoms with E-state index in [0.717, 1.165) is 4.47 Å². The fraction of sp³-hybridized carbons (Fsp3) is 0.385. The minimum Gasteiger partial charge on any atom is -0.496 e. The quantitative estimate of drug-likeness (QED) is 0.666. The van der Waals surface area contributed by atoms with Gasteiger partial charge in [0, 0.05) is 5.69 Å². The zero-order chi connectivity index (χ0) is 14.4. The van der Waals surface area contributed by atoms with Crippen molar-refractivity contribution in [2.45, 2.75) is 13.3 Å². The van der Waals surface area contributed by atoms with Crippen molar-refractivity contribution < 1.29 is 19.1 Å². The van der Waals surface area contributed by atoms with Crippen LogP contribution < -0.4 is 10.1 Å². The molecule has 1 rings (SSSR count). The Balaban J connectivity index is 2.81. The SMILES string of the molecule is CCC(C(=O)Nc1ccc(OC)c(Br)c1)C(=O)OC. The Morgan fingerprint density at radius 3 is 2.53 bits per heavy atom. The third kappa shape index (κ3) is 3.96. The van der Waals surface area contributed by atoms with Crippen LogP contribution in [0.2, 0.25) is 0 Å². The zero-order valence-electron chi connectivity index (χ0n) is 11.0. The van der Waals surface area contributed by atoms with Gasteiger partial charge < -0.3 is 14.8 Å². The van der Waals surface area contributed by atoms with Crippen molar-refractivity contribution in [2.24, 2.45) is 5.92 Å². The lowest BCUT2D eigenvalue weighted by Crippen LogP contribution is -2.30. The van der Waals surface area contributed by atoms with Gasteiger partial charge in [-0.1, -0.05) is 6.92 Å². The third-order valence-electron chi connectivity index (χ3n) is 2.63. The van der Waals surface area contributed by atoms with Crippen LogP contribution in [0.15, 0.2) is 22.7 Å². The van der Waals surface area contributed by atoms with E-state index in [1.54, 1.807) is 32.2 Å². The second kappa shape index (κ2) is 7.13. The average Bonchev–Trinajstić information content (AvgIpc) is 2.39. The van der Waals surface area contributed by atoms with Crippen LogP contribution in [0, 0.1) is 5.92 Å². The number of nitrogens with one attached hydrogen (secondary N) is 1. The van der Waals surface area contributed by atoms with Crippen molar-refractivity contribution in [3.8, 4) is 5.75 Å². The molecule has 1 aromatic rings. The summed E-state index contributed by atoms with van der Waals surface area (Å²) in [6.45, 7) is 1.76. The molecule has 0 saturated carbocycles. The fourth-order valence-electron chi connectivity index (χ4n) is 1.57. The maximum absolute atomic E-state index is 12.0. The zero-order valence-corrected chi connectivity index (χ0v) is 12.6. The molecule has 19 heavy (non-hydrogen) atoms. The van der Waals surface area contributed by atoms with Crippen molar-refractivity contribution in [3.63, 3.8) is 0 Å². The Labute approximate surface area is 120 Å². The molecule has 1 atom stereocenters. The number of hydrogen-bond donors (Lipinski definition) is 1. The topological polar surface area (TPSA) is 64.6 Å². The number of carbonyl (C=O) groups excluding carboxylic acids is 2. The lowest BCUT2D eigenvalue weighted by atomic mass is 10.1. The molecule has 5 nitrogen and oxygen atoms in total. The summed E-state index contributed by atoms with van der Waals surface area (Å²) >= 11 is 3.33. The molecule has 0 radical (unpaired) electrons. The normalized spacial score (nSPS) is 11.6. The predicted molar refractivity (Wildman–Crippen MR) is 75.1 cm³/mol. The van der Waals surface area contributed by atoms with Gasteiger partial charge in [0.15, 0.2) is 0 Å². The standard InChI is InChI=1S/C13H16BrNO4/c1-4-9(13(17)19-3)12(16)15-8-5-6-11(18-2)10(14)7-8/h5-7,9H,4H2,1-3H3,(H,15,16). The Kier molecular flexibility index (Phi) is 5.82. The number of benzene rings is 1. The number of ether oxygens (including phenoxy) is 2. The molecule has 1 unspecified atom stereocenters. The first-order valence-electron chi connectivity index (χ1n) is 5.75. The van der Waals surface area contributed by atoms with Gasteiger partial charge in [-0.25, -0.2) is 0 Å².